The number of aromatic nitrogens is 2. The Morgan fingerprint density at radius 3 is 3.08 bits per heavy atom. The maximum Gasteiger partial charge on any atom is 0.235 e. The van der Waals surface area contributed by atoms with Gasteiger partial charge in [0.25, 0.3) is 0 Å². The average molecular weight is 166 g/mol. The SMILES string of the molecule is CCOc1nn2c(c1C)CCC2. The van der Waals surface area contributed by atoms with Crippen LogP contribution >= 0.6 is 0 Å². The van der Waals surface area contributed by atoms with Gasteiger partial charge in [-0.15, -0.1) is 5.10 Å². The van der Waals surface area contributed by atoms with Gasteiger partial charge < -0.3 is 4.74 Å². The van der Waals surface area contributed by atoms with Crippen molar-refractivity contribution in [1.82, 2.24) is 9.78 Å². The zero-order chi connectivity index (χ0) is 8.55. The van der Waals surface area contributed by atoms with Gasteiger partial charge in [-0.1, -0.05) is 0 Å². The van der Waals surface area contributed by atoms with E-state index in [9.17, 15) is 0 Å². The maximum absolute atomic E-state index is 5.40. The number of nitrogens with zero attached hydrogens (tertiary/aromatic N) is 2. The lowest BCUT2D eigenvalue weighted by atomic mass is 10.2. The van der Waals surface area contributed by atoms with E-state index in [1.165, 1.54) is 17.7 Å². The van der Waals surface area contributed by atoms with Crippen LogP contribution in [0, 0.1) is 6.92 Å². The molecule has 66 valence electrons. The zero-order valence-electron chi connectivity index (χ0n) is 7.63. The molecule has 12 heavy (non-hydrogen) atoms. The molecule has 1 aliphatic heterocycles. The van der Waals surface area contributed by atoms with Crippen molar-refractivity contribution in [2.75, 3.05) is 6.61 Å². The standard InChI is InChI=1S/C9H14N2O/c1-3-12-9-7(2)8-5-4-6-11(8)10-9/h3-6H2,1-2H3. The Bertz CT molecular complexity index is 291. The second-order valence-corrected chi connectivity index (χ2v) is 3.14. The molecule has 0 atom stereocenters. The topological polar surface area (TPSA) is 27.1 Å². The Morgan fingerprint density at radius 1 is 1.58 bits per heavy atom. The van der Waals surface area contributed by atoms with Crippen LogP contribution in [0.3, 0.4) is 0 Å². The molecule has 2 heterocycles. The van der Waals surface area contributed by atoms with Crippen LogP contribution < -0.4 is 4.74 Å². The highest BCUT2D eigenvalue weighted by atomic mass is 16.5. The van der Waals surface area contributed by atoms with Crippen molar-refractivity contribution in [2.24, 2.45) is 0 Å². The fraction of sp³-hybridized carbons (Fsp3) is 0.667. The van der Waals surface area contributed by atoms with Crippen LogP contribution in [0.2, 0.25) is 0 Å². The normalized spacial score (nSPS) is 14.8. The lowest BCUT2D eigenvalue weighted by Gasteiger charge is -1.98. The third-order valence-corrected chi connectivity index (χ3v) is 2.34. The first-order valence-electron chi connectivity index (χ1n) is 4.52. The molecule has 2 rings (SSSR count). The maximum atomic E-state index is 5.40. The molecule has 1 aliphatic rings. The summed E-state index contributed by atoms with van der Waals surface area (Å²) in [4.78, 5) is 0. The number of fused-ring (bicyclic) bond motifs is 1. The zero-order valence-corrected chi connectivity index (χ0v) is 7.63. The van der Waals surface area contributed by atoms with Crippen molar-refractivity contribution >= 4 is 0 Å². The monoisotopic (exact) mass is 166 g/mol. The number of aryl methyl sites for hydroxylation is 1. The number of hydrogen-bond donors (Lipinski definition) is 0. The number of rotatable bonds is 2. The molecule has 0 fully saturated rings. The van der Waals surface area contributed by atoms with Crippen LogP contribution in [-0.4, -0.2) is 16.4 Å². The highest BCUT2D eigenvalue weighted by Gasteiger charge is 2.18. The van der Waals surface area contributed by atoms with Crippen molar-refractivity contribution in [3.8, 4) is 5.88 Å². The van der Waals surface area contributed by atoms with Gasteiger partial charge in [0.05, 0.1) is 6.61 Å². The van der Waals surface area contributed by atoms with Gasteiger partial charge in [-0.2, -0.15) is 0 Å². The Balaban J connectivity index is 2.34. The predicted octanol–water partition coefficient (Wildman–Crippen LogP) is 1.54. The van der Waals surface area contributed by atoms with E-state index in [4.69, 9.17) is 4.74 Å². The van der Waals surface area contributed by atoms with Gasteiger partial charge in [0.2, 0.25) is 5.88 Å². The van der Waals surface area contributed by atoms with E-state index in [2.05, 4.69) is 16.7 Å². The molecule has 1 aromatic heterocycles. The fourth-order valence-electron chi connectivity index (χ4n) is 1.73. The van der Waals surface area contributed by atoms with Gasteiger partial charge in [0, 0.05) is 17.8 Å². The number of ether oxygens (including phenoxy) is 1. The Labute approximate surface area is 72.3 Å². The van der Waals surface area contributed by atoms with Crippen molar-refractivity contribution in [3.63, 3.8) is 0 Å². The van der Waals surface area contributed by atoms with E-state index in [1.54, 1.807) is 0 Å². The smallest absolute Gasteiger partial charge is 0.235 e. The molecular weight excluding hydrogens is 152 g/mol. The molecule has 0 bridgehead atoms. The van der Waals surface area contributed by atoms with Gasteiger partial charge in [-0.25, -0.2) is 0 Å². The second kappa shape index (κ2) is 2.81. The summed E-state index contributed by atoms with van der Waals surface area (Å²) in [7, 11) is 0. The minimum atomic E-state index is 0.706. The van der Waals surface area contributed by atoms with E-state index in [1.807, 2.05) is 6.92 Å². The van der Waals surface area contributed by atoms with Crippen molar-refractivity contribution in [1.29, 1.82) is 0 Å². The molecule has 0 saturated carbocycles. The van der Waals surface area contributed by atoms with Gasteiger partial charge >= 0.3 is 0 Å². The first-order valence-corrected chi connectivity index (χ1v) is 4.52. The highest BCUT2D eigenvalue weighted by Crippen LogP contribution is 2.25. The lowest BCUT2D eigenvalue weighted by Crippen LogP contribution is -1.96. The lowest BCUT2D eigenvalue weighted by molar-refractivity contribution is 0.319. The fourth-order valence-corrected chi connectivity index (χ4v) is 1.73. The van der Waals surface area contributed by atoms with Crippen LogP contribution in [0.1, 0.15) is 24.6 Å². The molecule has 0 aromatic carbocycles. The first kappa shape index (κ1) is 7.65. The highest BCUT2D eigenvalue weighted by molar-refractivity contribution is 5.31. The summed E-state index contributed by atoms with van der Waals surface area (Å²) in [6.07, 6.45) is 2.39. The average Bonchev–Trinajstić information content (AvgIpc) is 2.58. The molecule has 0 aliphatic carbocycles. The molecule has 0 spiro atoms. The van der Waals surface area contributed by atoms with Crippen molar-refractivity contribution < 1.29 is 4.74 Å². The Morgan fingerprint density at radius 2 is 2.42 bits per heavy atom. The summed E-state index contributed by atoms with van der Waals surface area (Å²) in [6.45, 7) is 5.85. The minimum absolute atomic E-state index is 0.706. The van der Waals surface area contributed by atoms with Gasteiger partial charge in [0.1, 0.15) is 0 Å². The second-order valence-electron chi connectivity index (χ2n) is 3.14. The van der Waals surface area contributed by atoms with E-state index >= 15 is 0 Å². The molecule has 0 amide bonds. The van der Waals surface area contributed by atoms with Crippen LogP contribution in [-0.2, 0) is 13.0 Å². The molecule has 1 aromatic rings. The molecule has 3 heteroatoms. The van der Waals surface area contributed by atoms with E-state index < -0.39 is 0 Å². The quantitative estimate of drug-likeness (QED) is 0.666. The van der Waals surface area contributed by atoms with E-state index in [0.717, 1.165) is 18.8 Å². The van der Waals surface area contributed by atoms with E-state index in [-0.39, 0.29) is 0 Å². The molecule has 3 nitrogen and oxygen atoms in total. The third-order valence-electron chi connectivity index (χ3n) is 2.34. The predicted molar refractivity (Wildman–Crippen MR) is 46.5 cm³/mol. The largest absolute Gasteiger partial charge is 0.477 e. The van der Waals surface area contributed by atoms with E-state index in [0.29, 0.717) is 6.61 Å². The molecule has 0 unspecified atom stereocenters. The molecule has 0 N–H and O–H groups in total. The minimum Gasteiger partial charge on any atom is -0.477 e. The summed E-state index contributed by atoms with van der Waals surface area (Å²) in [5.41, 5.74) is 2.59. The van der Waals surface area contributed by atoms with Gasteiger partial charge in [0.15, 0.2) is 0 Å². The van der Waals surface area contributed by atoms with Crippen LogP contribution in [0.25, 0.3) is 0 Å². The van der Waals surface area contributed by atoms with Crippen LogP contribution in [0.15, 0.2) is 0 Å². The van der Waals surface area contributed by atoms with Crippen molar-refractivity contribution in [3.05, 3.63) is 11.3 Å². The van der Waals surface area contributed by atoms with Crippen LogP contribution in [0.4, 0.5) is 0 Å². The van der Waals surface area contributed by atoms with Crippen LogP contribution in [0.5, 0.6) is 5.88 Å². The first-order chi connectivity index (χ1) is 5.83. The summed E-state index contributed by atoms with van der Waals surface area (Å²) in [5, 5.41) is 4.37. The molecular formula is C9H14N2O. The third kappa shape index (κ3) is 1.00. The molecule has 0 radical (unpaired) electrons. The van der Waals surface area contributed by atoms with Crippen molar-refractivity contribution in [2.45, 2.75) is 33.2 Å². The Hall–Kier alpha value is -0.990. The summed E-state index contributed by atoms with van der Waals surface area (Å²) in [6, 6.07) is 0. The summed E-state index contributed by atoms with van der Waals surface area (Å²) >= 11 is 0. The summed E-state index contributed by atoms with van der Waals surface area (Å²) in [5.74, 6) is 0.826. The Kier molecular flexibility index (Phi) is 1.79. The number of hydrogen-bond acceptors (Lipinski definition) is 2. The summed E-state index contributed by atoms with van der Waals surface area (Å²) < 4.78 is 7.47. The van der Waals surface area contributed by atoms with Gasteiger partial charge in [-0.05, 0) is 26.7 Å². The molecule has 0 saturated heterocycles. The van der Waals surface area contributed by atoms with Gasteiger partial charge in [-0.3, -0.25) is 4.68 Å².